The summed E-state index contributed by atoms with van der Waals surface area (Å²) >= 11 is 0. The lowest BCUT2D eigenvalue weighted by Crippen LogP contribution is -2.32. The number of phenolic OH excluding ortho intramolecular Hbond substituents is 1. The summed E-state index contributed by atoms with van der Waals surface area (Å²) in [5, 5.41) is 27.7. The van der Waals surface area contributed by atoms with E-state index < -0.39 is 27.2 Å². The third kappa shape index (κ3) is 4.74. The molecule has 186 valence electrons. The Hall–Kier alpha value is -4.35. The molecule has 4 rings (SSSR count). The van der Waals surface area contributed by atoms with Gasteiger partial charge in [0, 0.05) is 11.8 Å². The van der Waals surface area contributed by atoms with E-state index in [-0.39, 0.29) is 40.5 Å². The van der Waals surface area contributed by atoms with Crippen LogP contribution in [0.3, 0.4) is 0 Å². The topological polar surface area (TPSA) is 165 Å². The van der Waals surface area contributed by atoms with Crippen molar-refractivity contribution < 1.29 is 27.8 Å². The van der Waals surface area contributed by atoms with Crippen molar-refractivity contribution in [1.29, 1.82) is 0 Å². The first-order valence-corrected chi connectivity index (χ1v) is 11.9. The molecule has 12 nitrogen and oxygen atoms in total. The monoisotopic (exact) mass is 513 g/mol. The SMILES string of the molecule is COc1cccc(O)c1-n1c(NS(=O)(=O)[C@H](C)[C@@H](O)c2ncc(F)cn2)nnc1C1=C=C=CC(C)=N1. The fourth-order valence-electron chi connectivity index (χ4n) is 3.24. The van der Waals surface area contributed by atoms with Crippen molar-refractivity contribution in [2.75, 3.05) is 11.8 Å². The van der Waals surface area contributed by atoms with Crippen LogP contribution in [-0.2, 0) is 10.0 Å². The molecule has 1 aliphatic heterocycles. The van der Waals surface area contributed by atoms with E-state index in [1.165, 1.54) is 30.7 Å². The second kappa shape index (κ2) is 9.72. The number of methoxy groups -OCH3 is 1. The van der Waals surface area contributed by atoms with E-state index in [1.54, 1.807) is 19.1 Å². The molecule has 0 amide bonds. The number of benzene rings is 1. The van der Waals surface area contributed by atoms with Crippen LogP contribution in [0.15, 0.2) is 53.1 Å². The molecule has 0 bridgehead atoms. The van der Waals surface area contributed by atoms with E-state index in [1.807, 2.05) is 0 Å². The number of aliphatic imine (C=N–C) groups is 1. The Morgan fingerprint density at radius 3 is 2.61 bits per heavy atom. The number of hydrogen-bond donors (Lipinski definition) is 3. The van der Waals surface area contributed by atoms with Crippen LogP contribution < -0.4 is 9.46 Å². The third-order valence-corrected chi connectivity index (χ3v) is 6.83. The predicted octanol–water partition coefficient (Wildman–Crippen LogP) is 1.90. The highest BCUT2D eigenvalue weighted by Crippen LogP contribution is 2.36. The molecule has 1 aromatic carbocycles. The summed E-state index contributed by atoms with van der Waals surface area (Å²) in [6, 6.07) is 4.46. The molecule has 2 aromatic heterocycles. The number of halogens is 1. The maximum absolute atomic E-state index is 13.2. The second-order valence-corrected chi connectivity index (χ2v) is 9.62. The zero-order chi connectivity index (χ0) is 26.0. The van der Waals surface area contributed by atoms with E-state index in [0.717, 1.165) is 12.4 Å². The minimum Gasteiger partial charge on any atom is -0.506 e. The average molecular weight is 514 g/mol. The molecule has 0 radical (unpaired) electrons. The molecule has 36 heavy (non-hydrogen) atoms. The zero-order valence-corrected chi connectivity index (χ0v) is 20.0. The van der Waals surface area contributed by atoms with E-state index in [2.05, 4.69) is 41.3 Å². The van der Waals surface area contributed by atoms with Crippen molar-refractivity contribution in [2.24, 2.45) is 4.99 Å². The number of rotatable bonds is 8. The number of sulfonamides is 1. The maximum Gasteiger partial charge on any atom is 0.243 e. The van der Waals surface area contributed by atoms with Gasteiger partial charge in [0.1, 0.15) is 28.5 Å². The number of phenols is 1. The Balaban J connectivity index is 1.82. The highest BCUT2D eigenvalue weighted by Gasteiger charge is 2.34. The average Bonchev–Trinajstić information content (AvgIpc) is 3.25. The van der Waals surface area contributed by atoms with Gasteiger partial charge in [0.05, 0.1) is 19.5 Å². The Morgan fingerprint density at radius 2 is 1.94 bits per heavy atom. The second-order valence-electron chi connectivity index (χ2n) is 7.58. The van der Waals surface area contributed by atoms with Crippen molar-refractivity contribution in [3.8, 4) is 17.2 Å². The molecular weight excluding hydrogens is 493 g/mol. The molecule has 2 atom stereocenters. The fraction of sp³-hybridized carbons (Fsp3) is 0.227. The normalized spacial score (nSPS) is 14.7. The van der Waals surface area contributed by atoms with Crippen LogP contribution in [0, 0.1) is 5.82 Å². The number of ether oxygens (including phenoxy) is 1. The number of para-hydroxylation sites is 1. The lowest BCUT2D eigenvalue weighted by molar-refractivity contribution is 0.166. The van der Waals surface area contributed by atoms with Crippen LogP contribution in [0.25, 0.3) is 11.4 Å². The molecule has 0 unspecified atom stereocenters. The molecule has 0 aliphatic carbocycles. The number of allylic oxidation sites excluding steroid dienone is 1. The molecule has 0 saturated carbocycles. The number of anilines is 1. The van der Waals surface area contributed by atoms with Crippen molar-refractivity contribution in [3.63, 3.8) is 0 Å². The number of aliphatic hydroxyl groups excluding tert-OH is 1. The van der Waals surface area contributed by atoms with Gasteiger partial charge in [0.2, 0.25) is 16.0 Å². The molecule has 3 N–H and O–H groups in total. The Morgan fingerprint density at radius 1 is 1.22 bits per heavy atom. The number of nitrogens with zero attached hydrogens (tertiary/aromatic N) is 6. The van der Waals surface area contributed by atoms with Gasteiger partial charge >= 0.3 is 0 Å². The van der Waals surface area contributed by atoms with Gasteiger partial charge in [-0.15, -0.1) is 10.2 Å². The Labute approximate surface area is 204 Å². The van der Waals surface area contributed by atoms with Gasteiger partial charge in [0.25, 0.3) is 0 Å². The number of aliphatic hydroxyl groups is 1. The predicted molar refractivity (Wildman–Crippen MR) is 127 cm³/mol. The smallest absolute Gasteiger partial charge is 0.243 e. The maximum atomic E-state index is 13.2. The van der Waals surface area contributed by atoms with Gasteiger partial charge in [-0.05, 0) is 31.7 Å². The Kier molecular flexibility index (Phi) is 6.69. The molecule has 0 saturated heterocycles. The van der Waals surface area contributed by atoms with Gasteiger partial charge in [-0.2, -0.15) is 0 Å². The summed E-state index contributed by atoms with van der Waals surface area (Å²) in [4.78, 5) is 11.6. The summed E-state index contributed by atoms with van der Waals surface area (Å²) in [7, 11) is -3.00. The van der Waals surface area contributed by atoms with Crippen LogP contribution in [0.4, 0.5) is 10.3 Å². The van der Waals surface area contributed by atoms with Gasteiger partial charge in [-0.3, -0.25) is 9.29 Å². The molecule has 3 aromatic rings. The minimum atomic E-state index is -4.37. The van der Waals surface area contributed by atoms with Crippen molar-refractivity contribution in [3.05, 3.63) is 65.6 Å². The zero-order valence-electron chi connectivity index (χ0n) is 19.2. The van der Waals surface area contributed by atoms with E-state index in [9.17, 15) is 23.0 Å². The molecule has 0 fully saturated rings. The van der Waals surface area contributed by atoms with Crippen molar-refractivity contribution in [1.82, 2.24) is 24.7 Å². The summed E-state index contributed by atoms with van der Waals surface area (Å²) in [5.74, 6) is -1.41. The molecule has 1 aliphatic rings. The highest BCUT2D eigenvalue weighted by molar-refractivity contribution is 7.93. The lowest BCUT2D eigenvalue weighted by Gasteiger charge is -2.20. The number of aromatic nitrogens is 5. The largest absolute Gasteiger partial charge is 0.506 e. The van der Waals surface area contributed by atoms with E-state index in [0.29, 0.717) is 5.71 Å². The summed E-state index contributed by atoms with van der Waals surface area (Å²) in [6.07, 6.45) is 1.52. The van der Waals surface area contributed by atoms with E-state index in [4.69, 9.17) is 4.74 Å². The first-order valence-electron chi connectivity index (χ1n) is 10.4. The summed E-state index contributed by atoms with van der Waals surface area (Å²) in [6.45, 7) is 2.94. The van der Waals surface area contributed by atoms with Gasteiger partial charge < -0.3 is 14.9 Å². The van der Waals surface area contributed by atoms with Crippen LogP contribution >= 0.6 is 0 Å². The molecule has 14 heteroatoms. The lowest BCUT2D eigenvalue weighted by atomic mass is 10.2. The van der Waals surface area contributed by atoms with Gasteiger partial charge in [0.15, 0.2) is 23.2 Å². The van der Waals surface area contributed by atoms with Gasteiger partial charge in [-0.25, -0.2) is 27.8 Å². The summed E-state index contributed by atoms with van der Waals surface area (Å²) in [5.41, 5.74) is 6.37. The van der Waals surface area contributed by atoms with Crippen molar-refractivity contribution >= 4 is 27.4 Å². The number of nitrogens with one attached hydrogen (secondary N) is 1. The van der Waals surface area contributed by atoms with Crippen LogP contribution in [0.1, 0.15) is 31.6 Å². The van der Waals surface area contributed by atoms with Crippen LogP contribution in [0.5, 0.6) is 11.5 Å². The van der Waals surface area contributed by atoms with Crippen LogP contribution in [0.2, 0.25) is 0 Å². The standard InChI is InChI=1S/C22H20FN7O5S/c1-12-6-4-7-15(26-12)21-27-28-22(30(21)18-16(31)8-5-9-17(18)35-3)29-36(33,34)13(2)19(32)20-24-10-14(23)11-25-20/h5-6,8-11,13,19,31-32H,1-3H3,(H,28,29)/t13-,19-/m1/s1. The molecular formula is C22H20FN7O5S. The van der Waals surface area contributed by atoms with Gasteiger partial charge in [-0.1, -0.05) is 11.8 Å². The number of aromatic hydroxyl groups is 1. The molecule has 0 spiro atoms. The van der Waals surface area contributed by atoms with E-state index >= 15 is 0 Å². The van der Waals surface area contributed by atoms with Crippen molar-refractivity contribution in [2.45, 2.75) is 25.2 Å². The third-order valence-electron chi connectivity index (χ3n) is 5.13. The fourth-order valence-corrected chi connectivity index (χ4v) is 4.28. The van der Waals surface area contributed by atoms with Crippen LogP contribution in [-0.4, -0.2) is 61.4 Å². The number of hydrogen-bond acceptors (Lipinski definition) is 10. The Bertz CT molecular complexity index is 1550. The molecule has 3 heterocycles. The highest BCUT2D eigenvalue weighted by atomic mass is 32.2. The quantitative estimate of drug-likeness (QED) is 0.382. The first kappa shape index (κ1) is 24.8. The first-order chi connectivity index (χ1) is 17.1. The minimum absolute atomic E-state index is 0.0301. The summed E-state index contributed by atoms with van der Waals surface area (Å²) < 4.78 is 48.4.